The molecule has 0 radical (unpaired) electrons. The van der Waals surface area contributed by atoms with Crippen LogP contribution in [0.1, 0.15) is 13.3 Å². The Kier molecular flexibility index (Phi) is 4.65. The van der Waals surface area contributed by atoms with Crippen LogP contribution < -0.4 is 5.73 Å². The van der Waals surface area contributed by atoms with Crippen molar-refractivity contribution in [2.45, 2.75) is 18.2 Å². The molecule has 0 aliphatic rings. The third kappa shape index (κ3) is 2.14. The van der Waals surface area contributed by atoms with Crippen LogP contribution in [-0.4, -0.2) is 53.0 Å². The van der Waals surface area contributed by atoms with E-state index >= 15 is 0 Å². The summed E-state index contributed by atoms with van der Waals surface area (Å²) in [6.07, 6.45) is -0.256. The quantitative estimate of drug-likeness (QED) is 0.336. The number of hydrogen-bond acceptors (Lipinski definition) is 6. The molecule has 0 aliphatic heterocycles. The van der Waals surface area contributed by atoms with Gasteiger partial charge in [-0.2, -0.15) is 8.42 Å². The highest BCUT2D eigenvalue weighted by atomic mass is 32.2. The van der Waals surface area contributed by atoms with E-state index in [4.69, 9.17) is 25.6 Å². The SMILES string of the molecule is CCC(N)(C(CO)(CO)CO)S(=O)(=O)O. The Labute approximate surface area is 88.3 Å². The van der Waals surface area contributed by atoms with Crippen LogP contribution in [0, 0.1) is 5.41 Å². The zero-order valence-electron chi connectivity index (χ0n) is 8.42. The van der Waals surface area contributed by atoms with E-state index in [2.05, 4.69) is 0 Å². The summed E-state index contributed by atoms with van der Waals surface area (Å²) in [5.74, 6) is 0. The molecule has 92 valence electrons. The Morgan fingerprint density at radius 1 is 1.13 bits per heavy atom. The topological polar surface area (TPSA) is 141 Å². The molecule has 0 fully saturated rings. The molecule has 7 nitrogen and oxygen atoms in total. The van der Waals surface area contributed by atoms with Crippen molar-refractivity contribution in [1.29, 1.82) is 0 Å². The number of nitrogens with two attached hydrogens (primary N) is 1. The number of hydrogen-bond donors (Lipinski definition) is 5. The Bertz CT molecular complexity index is 290. The summed E-state index contributed by atoms with van der Waals surface area (Å²) >= 11 is 0. The summed E-state index contributed by atoms with van der Waals surface area (Å²) in [4.78, 5) is -2.28. The molecule has 0 aromatic carbocycles. The maximum atomic E-state index is 11.1. The van der Waals surface area contributed by atoms with Crippen LogP contribution in [0.2, 0.25) is 0 Å². The Balaban J connectivity index is 5.62. The zero-order valence-corrected chi connectivity index (χ0v) is 9.24. The van der Waals surface area contributed by atoms with Gasteiger partial charge in [-0.3, -0.25) is 4.55 Å². The Morgan fingerprint density at radius 3 is 1.53 bits per heavy atom. The first-order valence-corrected chi connectivity index (χ1v) is 5.77. The predicted molar refractivity (Wildman–Crippen MR) is 52.4 cm³/mol. The molecule has 15 heavy (non-hydrogen) atoms. The van der Waals surface area contributed by atoms with Gasteiger partial charge in [-0.15, -0.1) is 0 Å². The molecule has 0 saturated heterocycles. The Morgan fingerprint density at radius 2 is 1.47 bits per heavy atom. The fourth-order valence-electron chi connectivity index (χ4n) is 1.38. The third-order valence-corrected chi connectivity index (χ3v) is 4.43. The fraction of sp³-hybridized carbons (Fsp3) is 1.00. The molecule has 0 amide bonds. The maximum Gasteiger partial charge on any atom is 0.284 e. The molecule has 0 spiro atoms. The van der Waals surface area contributed by atoms with Gasteiger partial charge in [-0.1, -0.05) is 6.92 Å². The first kappa shape index (κ1) is 14.8. The second kappa shape index (κ2) is 4.73. The van der Waals surface area contributed by atoms with Gasteiger partial charge in [0.05, 0.1) is 25.2 Å². The second-order valence-electron chi connectivity index (χ2n) is 3.47. The van der Waals surface area contributed by atoms with Crippen LogP contribution in [0.3, 0.4) is 0 Å². The van der Waals surface area contributed by atoms with E-state index < -0.39 is 40.2 Å². The van der Waals surface area contributed by atoms with Crippen molar-refractivity contribution >= 4 is 10.1 Å². The molecule has 6 N–H and O–H groups in total. The van der Waals surface area contributed by atoms with Gasteiger partial charge in [0.15, 0.2) is 4.87 Å². The van der Waals surface area contributed by atoms with Gasteiger partial charge >= 0.3 is 0 Å². The minimum Gasteiger partial charge on any atom is -0.396 e. The maximum absolute atomic E-state index is 11.1. The van der Waals surface area contributed by atoms with Crippen molar-refractivity contribution in [3.05, 3.63) is 0 Å². The molecular weight excluding hydrogens is 226 g/mol. The summed E-state index contributed by atoms with van der Waals surface area (Å²) in [5, 5.41) is 27.1. The summed E-state index contributed by atoms with van der Waals surface area (Å²) in [6, 6.07) is 0. The highest BCUT2D eigenvalue weighted by Crippen LogP contribution is 2.35. The van der Waals surface area contributed by atoms with Gasteiger partial charge in [-0.25, -0.2) is 0 Å². The lowest BCUT2D eigenvalue weighted by atomic mass is 9.81. The Hall–Kier alpha value is -0.250. The lowest BCUT2D eigenvalue weighted by Gasteiger charge is -2.41. The number of aliphatic hydroxyl groups is 3. The highest BCUT2D eigenvalue weighted by Gasteiger charge is 2.55. The molecule has 0 aromatic heterocycles. The molecule has 0 rings (SSSR count). The van der Waals surface area contributed by atoms with Crippen LogP contribution in [0.4, 0.5) is 0 Å². The van der Waals surface area contributed by atoms with E-state index in [1.54, 1.807) is 0 Å². The molecule has 0 aliphatic carbocycles. The first-order valence-electron chi connectivity index (χ1n) is 4.33. The largest absolute Gasteiger partial charge is 0.396 e. The zero-order chi connectivity index (χ0) is 12.3. The van der Waals surface area contributed by atoms with E-state index in [1.807, 2.05) is 0 Å². The van der Waals surface area contributed by atoms with Gasteiger partial charge in [-0.05, 0) is 6.42 Å². The molecular formula is C7H17NO6S. The average Bonchev–Trinajstić information content (AvgIpc) is 2.19. The lowest BCUT2D eigenvalue weighted by molar-refractivity contribution is -0.0293. The van der Waals surface area contributed by atoms with Crippen LogP contribution in [0.25, 0.3) is 0 Å². The summed E-state index contributed by atoms with van der Waals surface area (Å²) in [5.41, 5.74) is 3.59. The minimum atomic E-state index is -4.71. The highest BCUT2D eigenvalue weighted by molar-refractivity contribution is 7.87. The number of aliphatic hydroxyl groups excluding tert-OH is 3. The summed E-state index contributed by atoms with van der Waals surface area (Å²) < 4.78 is 31.2. The van der Waals surface area contributed by atoms with Gasteiger partial charge in [0.1, 0.15) is 0 Å². The van der Waals surface area contributed by atoms with Gasteiger partial charge in [0, 0.05) is 0 Å². The van der Waals surface area contributed by atoms with E-state index in [1.165, 1.54) is 6.92 Å². The van der Waals surface area contributed by atoms with E-state index in [0.717, 1.165) is 0 Å². The third-order valence-electron chi connectivity index (χ3n) is 2.79. The normalized spacial score (nSPS) is 17.5. The van der Waals surface area contributed by atoms with Crippen LogP contribution in [-0.2, 0) is 10.1 Å². The number of rotatable bonds is 6. The van der Waals surface area contributed by atoms with Gasteiger partial charge in [0.2, 0.25) is 0 Å². The molecule has 1 atom stereocenters. The predicted octanol–water partition coefficient (Wildman–Crippen LogP) is -2.10. The fourth-order valence-corrected chi connectivity index (χ4v) is 2.49. The van der Waals surface area contributed by atoms with E-state index in [9.17, 15) is 8.42 Å². The van der Waals surface area contributed by atoms with Crippen LogP contribution >= 0.6 is 0 Å². The van der Waals surface area contributed by atoms with E-state index in [-0.39, 0.29) is 6.42 Å². The molecule has 8 heteroatoms. The van der Waals surface area contributed by atoms with Crippen molar-refractivity contribution in [3.63, 3.8) is 0 Å². The lowest BCUT2D eigenvalue weighted by Crippen LogP contribution is -2.65. The molecule has 0 bridgehead atoms. The van der Waals surface area contributed by atoms with Crippen LogP contribution in [0.5, 0.6) is 0 Å². The van der Waals surface area contributed by atoms with Crippen LogP contribution in [0.15, 0.2) is 0 Å². The summed E-state index contributed by atoms with van der Waals surface area (Å²) in [6.45, 7) is -1.21. The van der Waals surface area contributed by atoms with Crippen molar-refractivity contribution in [2.75, 3.05) is 19.8 Å². The summed E-state index contributed by atoms with van der Waals surface area (Å²) in [7, 11) is -4.71. The van der Waals surface area contributed by atoms with Gasteiger partial charge in [0.25, 0.3) is 10.1 Å². The second-order valence-corrected chi connectivity index (χ2v) is 5.15. The monoisotopic (exact) mass is 243 g/mol. The first-order chi connectivity index (χ1) is 6.74. The van der Waals surface area contributed by atoms with Gasteiger partial charge < -0.3 is 21.1 Å². The molecule has 0 saturated carbocycles. The smallest absolute Gasteiger partial charge is 0.284 e. The van der Waals surface area contributed by atoms with Crippen molar-refractivity contribution < 1.29 is 28.3 Å². The van der Waals surface area contributed by atoms with E-state index in [0.29, 0.717) is 0 Å². The minimum absolute atomic E-state index is 0.256. The molecule has 0 heterocycles. The standard InChI is InChI=1S/C7H17NO6S/c1-2-7(8,15(12,13)14)6(3-9,4-10)5-11/h9-11H,2-5,8H2,1H3,(H,12,13,14). The molecule has 1 unspecified atom stereocenters. The molecule has 0 aromatic rings. The van der Waals surface area contributed by atoms with Crippen molar-refractivity contribution in [3.8, 4) is 0 Å². The van der Waals surface area contributed by atoms with Crippen molar-refractivity contribution in [1.82, 2.24) is 0 Å². The average molecular weight is 243 g/mol. The van der Waals surface area contributed by atoms with Crippen molar-refractivity contribution in [2.24, 2.45) is 11.1 Å².